The molecule has 0 spiro atoms. The number of aromatic nitrogens is 2. The molecule has 0 N–H and O–H groups in total. The number of fused-ring (bicyclic) bond motifs is 2. The van der Waals surface area contributed by atoms with E-state index in [2.05, 4.69) is 47.1 Å². The third-order valence-corrected chi connectivity index (χ3v) is 6.14. The molecule has 4 heterocycles. The second-order valence-electron chi connectivity index (χ2n) is 8.47. The van der Waals surface area contributed by atoms with E-state index in [1.165, 1.54) is 0 Å². The van der Waals surface area contributed by atoms with Crippen LogP contribution in [0.5, 0.6) is 0 Å². The van der Waals surface area contributed by atoms with Gasteiger partial charge in [-0.05, 0) is 61.0 Å². The van der Waals surface area contributed by atoms with Gasteiger partial charge in [-0.15, -0.1) is 0 Å². The molecule has 0 aliphatic carbocycles. The van der Waals surface area contributed by atoms with Crippen molar-refractivity contribution in [2.75, 3.05) is 33.2 Å². The Morgan fingerprint density at radius 1 is 0.968 bits per heavy atom. The second-order valence-corrected chi connectivity index (χ2v) is 8.47. The SMILES string of the molecule is Cc1cc(C2=CC(=O)N3C=C(N4CCN(C)CC4)C=C/C3=C\C=C2)cc2cn(C)nc12. The fourth-order valence-electron chi connectivity index (χ4n) is 4.36. The third-order valence-electron chi connectivity index (χ3n) is 6.14. The summed E-state index contributed by atoms with van der Waals surface area (Å²) in [5.41, 5.74) is 6.00. The van der Waals surface area contributed by atoms with Gasteiger partial charge in [0.1, 0.15) is 0 Å². The lowest BCUT2D eigenvalue weighted by atomic mass is 9.99. The van der Waals surface area contributed by atoms with E-state index in [1.54, 1.807) is 11.0 Å². The molecule has 158 valence electrons. The van der Waals surface area contributed by atoms with Gasteiger partial charge in [-0.1, -0.05) is 12.2 Å². The Labute approximate surface area is 182 Å². The number of allylic oxidation sites excluding steroid dienone is 6. The molecule has 1 saturated heterocycles. The maximum atomic E-state index is 13.3. The summed E-state index contributed by atoms with van der Waals surface area (Å²) in [5.74, 6) is -0.0366. The Morgan fingerprint density at radius 3 is 2.55 bits per heavy atom. The topological polar surface area (TPSA) is 44.6 Å². The van der Waals surface area contributed by atoms with Crippen LogP contribution in [-0.4, -0.2) is 63.6 Å². The van der Waals surface area contributed by atoms with Gasteiger partial charge in [0.2, 0.25) is 0 Å². The Balaban J connectivity index is 1.48. The van der Waals surface area contributed by atoms with Gasteiger partial charge in [0.05, 0.1) is 11.2 Å². The molecule has 2 aromatic rings. The number of amides is 1. The lowest BCUT2D eigenvalue weighted by molar-refractivity contribution is -0.122. The highest BCUT2D eigenvalue weighted by atomic mass is 16.2. The summed E-state index contributed by atoms with van der Waals surface area (Å²) in [6.07, 6.45) is 15.9. The fraction of sp³-hybridized carbons (Fsp3) is 0.280. The van der Waals surface area contributed by atoms with Gasteiger partial charge in [-0.2, -0.15) is 5.10 Å². The van der Waals surface area contributed by atoms with Crippen LogP contribution in [0.25, 0.3) is 16.5 Å². The average molecular weight is 414 g/mol. The van der Waals surface area contributed by atoms with Crippen LogP contribution in [0.2, 0.25) is 0 Å². The van der Waals surface area contributed by atoms with Crippen molar-refractivity contribution in [3.8, 4) is 0 Å². The molecular formula is C25H27N5O. The molecule has 0 bridgehead atoms. The van der Waals surface area contributed by atoms with Crippen LogP contribution in [0.1, 0.15) is 11.1 Å². The molecule has 5 rings (SSSR count). The van der Waals surface area contributed by atoms with Crippen LogP contribution >= 0.6 is 0 Å². The maximum absolute atomic E-state index is 13.3. The van der Waals surface area contributed by atoms with Crippen molar-refractivity contribution >= 4 is 22.4 Å². The van der Waals surface area contributed by atoms with E-state index < -0.39 is 0 Å². The van der Waals surface area contributed by atoms with Crippen molar-refractivity contribution in [3.05, 3.63) is 83.5 Å². The molecule has 1 amide bonds. The lowest BCUT2D eigenvalue weighted by Gasteiger charge is -2.36. The number of carbonyl (C=O) groups excluding carboxylic acids is 1. The molecule has 3 aliphatic heterocycles. The van der Waals surface area contributed by atoms with Gasteiger partial charge in [0, 0.05) is 62.8 Å². The van der Waals surface area contributed by atoms with Gasteiger partial charge in [-0.3, -0.25) is 14.4 Å². The van der Waals surface area contributed by atoms with Gasteiger partial charge in [0.25, 0.3) is 5.91 Å². The summed E-state index contributed by atoms with van der Waals surface area (Å²) in [4.78, 5) is 19.7. The van der Waals surface area contributed by atoms with E-state index in [0.29, 0.717) is 0 Å². The summed E-state index contributed by atoms with van der Waals surface area (Å²) >= 11 is 0. The number of aryl methyl sites for hydroxylation is 2. The molecule has 6 nitrogen and oxygen atoms in total. The quantitative estimate of drug-likeness (QED) is 0.759. The van der Waals surface area contributed by atoms with Crippen molar-refractivity contribution < 1.29 is 4.79 Å². The van der Waals surface area contributed by atoms with Crippen LogP contribution in [0.15, 0.2) is 72.4 Å². The lowest BCUT2D eigenvalue weighted by Crippen LogP contribution is -2.44. The molecule has 31 heavy (non-hydrogen) atoms. The molecule has 0 saturated carbocycles. The minimum absolute atomic E-state index is 0.0366. The van der Waals surface area contributed by atoms with Crippen molar-refractivity contribution in [2.24, 2.45) is 7.05 Å². The first kappa shape index (κ1) is 19.6. The Bertz CT molecular complexity index is 1200. The maximum Gasteiger partial charge on any atom is 0.255 e. The standard InChI is InChI=1S/C25H27N5O/c1-18-13-20(14-21-16-28(3)26-25(18)21)19-5-4-6-22-7-8-23(17-30(22)24(31)15-19)29-11-9-27(2)10-12-29/h4-8,13-17H,9-12H2,1-3H3/b5-4?,19-15?,22-6+. The van der Waals surface area contributed by atoms with E-state index in [-0.39, 0.29) is 5.91 Å². The summed E-state index contributed by atoms with van der Waals surface area (Å²) in [6, 6.07) is 4.21. The minimum Gasteiger partial charge on any atom is -0.368 e. The normalized spacial score (nSPS) is 21.4. The molecule has 1 aromatic heterocycles. The summed E-state index contributed by atoms with van der Waals surface area (Å²) in [5, 5.41) is 5.61. The van der Waals surface area contributed by atoms with E-state index in [4.69, 9.17) is 0 Å². The van der Waals surface area contributed by atoms with Crippen molar-refractivity contribution in [1.82, 2.24) is 24.5 Å². The number of piperazine rings is 1. The first-order chi connectivity index (χ1) is 15.0. The Morgan fingerprint density at radius 2 is 1.74 bits per heavy atom. The van der Waals surface area contributed by atoms with Gasteiger partial charge >= 0.3 is 0 Å². The zero-order chi connectivity index (χ0) is 21.5. The predicted octanol–water partition coefficient (Wildman–Crippen LogP) is 3.21. The smallest absolute Gasteiger partial charge is 0.255 e. The van der Waals surface area contributed by atoms with Crippen LogP contribution < -0.4 is 0 Å². The minimum atomic E-state index is -0.0366. The summed E-state index contributed by atoms with van der Waals surface area (Å²) < 4.78 is 1.83. The largest absolute Gasteiger partial charge is 0.368 e. The monoisotopic (exact) mass is 413 g/mol. The number of carbonyl (C=O) groups is 1. The number of rotatable bonds is 2. The highest BCUT2D eigenvalue weighted by Crippen LogP contribution is 2.28. The highest BCUT2D eigenvalue weighted by molar-refractivity contribution is 6.01. The highest BCUT2D eigenvalue weighted by Gasteiger charge is 2.22. The molecule has 0 atom stereocenters. The molecule has 0 radical (unpaired) electrons. The number of hydrogen-bond donors (Lipinski definition) is 0. The Hall–Kier alpha value is -3.38. The summed E-state index contributed by atoms with van der Waals surface area (Å²) in [6.45, 7) is 6.07. The number of benzene rings is 1. The van der Waals surface area contributed by atoms with Crippen molar-refractivity contribution in [1.29, 1.82) is 0 Å². The van der Waals surface area contributed by atoms with Crippen molar-refractivity contribution in [2.45, 2.75) is 6.92 Å². The molecule has 0 unspecified atom stereocenters. The number of likely N-dealkylation sites (N-methyl/N-ethyl adjacent to an activating group) is 1. The van der Waals surface area contributed by atoms with Crippen molar-refractivity contribution in [3.63, 3.8) is 0 Å². The number of nitrogens with zero attached hydrogens (tertiary/aromatic N) is 5. The second kappa shape index (κ2) is 7.71. The van der Waals surface area contributed by atoms with Gasteiger partial charge in [-0.25, -0.2) is 0 Å². The zero-order valence-corrected chi connectivity index (χ0v) is 18.2. The molecule has 3 aliphatic rings. The van der Waals surface area contributed by atoms with Gasteiger partial charge in [0.15, 0.2) is 0 Å². The van der Waals surface area contributed by atoms with Crippen LogP contribution in [0, 0.1) is 6.92 Å². The summed E-state index contributed by atoms with van der Waals surface area (Å²) in [7, 11) is 4.08. The molecular weight excluding hydrogens is 386 g/mol. The first-order valence-electron chi connectivity index (χ1n) is 10.7. The van der Waals surface area contributed by atoms with E-state index in [9.17, 15) is 4.79 Å². The van der Waals surface area contributed by atoms with E-state index in [1.807, 2.05) is 48.4 Å². The van der Waals surface area contributed by atoms with E-state index >= 15 is 0 Å². The van der Waals surface area contributed by atoms with Crippen LogP contribution in [-0.2, 0) is 11.8 Å². The Kier molecular flexibility index (Phi) is 4.87. The molecule has 1 aromatic carbocycles. The first-order valence-corrected chi connectivity index (χ1v) is 10.7. The fourth-order valence-corrected chi connectivity index (χ4v) is 4.36. The van der Waals surface area contributed by atoms with Crippen LogP contribution in [0.4, 0.5) is 0 Å². The number of hydrogen-bond acceptors (Lipinski definition) is 4. The van der Waals surface area contributed by atoms with Crippen LogP contribution in [0.3, 0.4) is 0 Å². The predicted molar refractivity (Wildman–Crippen MR) is 124 cm³/mol. The van der Waals surface area contributed by atoms with Gasteiger partial charge < -0.3 is 9.80 Å². The third kappa shape index (κ3) is 3.75. The molecule has 6 heteroatoms. The van der Waals surface area contributed by atoms with E-state index in [0.717, 1.165) is 65.2 Å². The molecule has 1 fully saturated rings. The zero-order valence-electron chi connectivity index (χ0n) is 18.2. The average Bonchev–Trinajstić information content (AvgIpc) is 3.13.